The predicted molar refractivity (Wildman–Crippen MR) is 90.7 cm³/mol. The summed E-state index contributed by atoms with van der Waals surface area (Å²) in [7, 11) is 0. The summed E-state index contributed by atoms with van der Waals surface area (Å²) in [6.07, 6.45) is 3.45. The number of nitrogens with zero attached hydrogens (tertiary/aromatic N) is 3. The van der Waals surface area contributed by atoms with Gasteiger partial charge in [-0.3, -0.25) is 4.90 Å². The normalized spacial score (nSPS) is 17.3. The summed E-state index contributed by atoms with van der Waals surface area (Å²) in [5.74, 6) is 0. The van der Waals surface area contributed by atoms with Crippen molar-refractivity contribution in [1.29, 1.82) is 0 Å². The Morgan fingerprint density at radius 2 is 2.22 bits per heavy atom. The Balaban J connectivity index is 1.78. The molecule has 23 heavy (non-hydrogen) atoms. The van der Waals surface area contributed by atoms with Crippen molar-refractivity contribution in [2.24, 2.45) is 0 Å². The van der Waals surface area contributed by atoms with Crippen LogP contribution in [0.4, 0.5) is 0 Å². The van der Waals surface area contributed by atoms with Gasteiger partial charge in [0.2, 0.25) is 0 Å². The van der Waals surface area contributed by atoms with Gasteiger partial charge in [-0.05, 0) is 37.3 Å². The molecule has 1 aromatic heterocycles. The molecule has 1 aromatic carbocycles. The molecule has 1 atom stereocenters. The van der Waals surface area contributed by atoms with Crippen LogP contribution < -0.4 is 4.74 Å². The lowest BCUT2D eigenvalue weighted by Crippen LogP contribution is -2.33. The molecule has 2 aromatic rings. The van der Waals surface area contributed by atoms with Crippen LogP contribution in [0.5, 0.6) is 5.19 Å². The van der Waals surface area contributed by atoms with E-state index in [1.807, 2.05) is 6.92 Å². The first-order valence-electron chi connectivity index (χ1n) is 8.19. The number of aliphatic hydroxyl groups excluding tert-OH is 1. The largest absolute Gasteiger partial charge is 0.469 e. The fraction of sp³-hybridized carbons (Fsp3) is 0.529. The molecule has 0 amide bonds. The number of aromatic nitrogens is 2. The first-order chi connectivity index (χ1) is 11.3. The molecule has 0 saturated heterocycles. The molecule has 1 aliphatic rings. The second-order valence-corrected chi connectivity index (χ2v) is 6.72. The molecular weight excluding hydrogens is 310 g/mol. The maximum Gasteiger partial charge on any atom is 0.294 e. The van der Waals surface area contributed by atoms with Gasteiger partial charge in [-0.2, -0.15) is 0 Å². The highest BCUT2D eigenvalue weighted by Gasteiger charge is 2.26. The van der Waals surface area contributed by atoms with Gasteiger partial charge in [0.1, 0.15) is 5.01 Å². The van der Waals surface area contributed by atoms with Gasteiger partial charge in [0.15, 0.2) is 0 Å². The molecule has 3 rings (SSSR count). The van der Waals surface area contributed by atoms with E-state index in [9.17, 15) is 5.11 Å². The van der Waals surface area contributed by atoms with Crippen LogP contribution in [-0.2, 0) is 13.0 Å². The number of fused-ring (bicyclic) bond motifs is 1. The van der Waals surface area contributed by atoms with E-state index in [1.165, 1.54) is 28.9 Å². The lowest BCUT2D eigenvalue weighted by Gasteiger charge is -2.35. The van der Waals surface area contributed by atoms with Crippen molar-refractivity contribution in [3.63, 3.8) is 0 Å². The summed E-state index contributed by atoms with van der Waals surface area (Å²) >= 11 is 1.49. The maximum absolute atomic E-state index is 9.48. The third-order valence-electron chi connectivity index (χ3n) is 4.22. The van der Waals surface area contributed by atoms with E-state index in [1.54, 1.807) is 0 Å². The van der Waals surface area contributed by atoms with Gasteiger partial charge in [0, 0.05) is 12.6 Å². The van der Waals surface area contributed by atoms with Crippen molar-refractivity contribution in [3.05, 3.63) is 40.4 Å². The first kappa shape index (κ1) is 16.4. The standard InChI is InChI=1S/C17H23N3O2S/c1-2-22-17-19-18-16(23-17)12-20(10-11-21)15-9-5-7-13-6-3-4-8-14(13)15/h3-4,6,8,15,21H,2,5,7,9-12H2,1H3. The minimum Gasteiger partial charge on any atom is -0.469 e. The third kappa shape index (κ3) is 3.88. The van der Waals surface area contributed by atoms with Gasteiger partial charge in [-0.25, -0.2) is 0 Å². The topological polar surface area (TPSA) is 58.5 Å². The molecular formula is C17H23N3O2S. The minimum absolute atomic E-state index is 0.149. The van der Waals surface area contributed by atoms with Crippen LogP contribution in [0.1, 0.15) is 41.9 Å². The monoisotopic (exact) mass is 333 g/mol. The SMILES string of the molecule is CCOc1nnc(CN(CCO)C2CCCc3ccccc32)s1. The second-order valence-electron chi connectivity index (χ2n) is 5.70. The summed E-state index contributed by atoms with van der Waals surface area (Å²) in [6.45, 7) is 4.03. The number of ether oxygens (including phenoxy) is 1. The molecule has 124 valence electrons. The van der Waals surface area contributed by atoms with Crippen LogP contribution in [0, 0.1) is 0 Å². The van der Waals surface area contributed by atoms with Crippen LogP contribution in [0.25, 0.3) is 0 Å². The van der Waals surface area contributed by atoms with E-state index in [2.05, 4.69) is 39.4 Å². The Morgan fingerprint density at radius 3 is 3.04 bits per heavy atom. The molecule has 0 fully saturated rings. The highest BCUT2D eigenvalue weighted by molar-refractivity contribution is 7.13. The quantitative estimate of drug-likeness (QED) is 0.844. The van der Waals surface area contributed by atoms with E-state index in [4.69, 9.17) is 4.74 Å². The highest BCUT2D eigenvalue weighted by atomic mass is 32.1. The average molecular weight is 333 g/mol. The third-order valence-corrected chi connectivity index (χ3v) is 5.04. The van der Waals surface area contributed by atoms with Crippen LogP contribution in [0.3, 0.4) is 0 Å². The molecule has 1 aliphatic carbocycles. The van der Waals surface area contributed by atoms with E-state index < -0.39 is 0 Å². The number of aryl methyl sites for hydroxylation is 1. The van der Waals surface area contributed by atoms with Crippen molar-refractivity contribution >= 4 is 11.3 Å². The molecule has 0 bridgehead atoms. The number of rotatable bonds is 7. The van der Waals surface area contributed by atoms with E-state index in [0.717, 1.165) is 17.8 Å². The lowest BCUT2D eigenvalue weighted by molar-refractivity contribution is 0.131. The van der Waals surface area contributed by atoms with Crippen LogP contribution in [0.2, 0.25) is 0 Å². The lowest BCUT2D eigenvalue weighted by atomic mass is 9.87. The number of hydrogen-bond donors (Lipinski definition) is 1. The number of hydrogen-bond acceptors (Lipinski definition) is 6. The van der Waals surface area contributed by atoms with Crippen molar-refractivity contribution in [3.8, 4) is 5.19 Å². The van der Waals surface area contributed by atoms with Crippen LogP contribution in [-0.4, -0.2) is 40.0 Å². The van der Waals surface area contributed by atoms with Gasteiger partial charge >= 0.3 is 0 Å². The Kier molecular flexibility index (Phi) is 5.59. The van der Waals surface area contributed by atoms with Crippen molar-refractivity contribution in [1.82, 2.24) is 15.1 Å². The van der Waals surface area contributed by atoms with Gasteiger partial charge in [0.05, 0.1) is 19.8 Å². The first-order valence-corrected chi connectivity index (χ1v) is 9.01. The molecule has 5 nitrogen and oxygen atoms in total. The zero-order valence-electron chi connectivity index (χ0n) is 13.4. The highest BCUT2D eigenvalue weighted by Crippen LogP contribution is 2.35. The van der Waals surface area contributed by atoms with Crippen molar-refractivity contribution in [2.45, 2.75) is 38.8 Å². The summed E-state index contributed by atoms with van der Waals surface area (Å²) in [4.78, 5) is 2.31. The van der Waals surface area contributed by atoms with Crippen molar-refractivity contribution in [2.75, 3.05) is 19.8 Å². The zero-order valence-corrected chi connectivity index (χ0v) is 14.3. The van der Waals surface area contributed by atoms with Gasteiger partial charge in [-0.15, -0.1) is 10.2 Å². The zero-order chi connectivity index (χ0) is 16.1. The van der Waals surface area contributed by atoms with E-state index >= 15 is 0 Å². The maximum atomic E-state index is 9.48. The van der Waals surface area contributed by atoms with Gasteiger partial charge in [-0.1, -0.05) is 35.6 Å². The minimum atomic E-state index is 0.149. The van der Waals surface area contributed by atoms with Gasteiger partial charge in [0.25, 0.3) is 5.19 Å². The van der Waals surface area contributed by atoms with E-state index in [-0.39, 0.29) is 6.61 Å². The molecule has 1 N–H and O–H groups in total. The summed E-state index contributed by atoms with van der Waals surface area (Å²) in [6, 6.07) is 8.99. The van der Waals surface area contributed by atoms with Crippen LogP contribution >= 0.6 is 11.3 Å². The fourth-order valence-corrected chi connectivity index (χ4v) is 4.01. The molecule has 0 radical (unpaired) electrons. The fourth-order valence-electron chi connectivity index (χ4n) is 3.24. The smallest absolute Gasteiger partial charge is 0.294 e. The summed E-state index contributed by atoms with van der Waals surface area (Å²) < 4.78 is 5.41. The van der Waals surface area contributed by atoms with Gasteiger partial charge < -0.3 is 9.84 Å². The predicted octanol–water partition coefficient (Wildman–Crippen LogP) is 2.81. The Morgan fingerprint density at radius 1 is 1.35 bits per heavy atom. The molecule has 1 heterocycles. The Bertz CT molecular complexity index is 632. The number of benzene rings is 1. The Hall–Kier alpha value is -1.50. The average Bonchev–Trinajstić information content (AvgIpc) is 3.01. The molecule has 6 heteroatoms. The Labute approximate surface area is 140 Å². The van der Waals surface area contributed by atoms with Crippen LogP contribution in [0.15, 0.2) is 24.3 Å². The molecule has 0 spiro atoms. The second kappa shape index (κ2) is 7.86. The summed E-state index contributed by atoms with van der Waals surface area (Å²) in [5.41, 5.74) is 2.82. The molecule has 1 unspecified atom stereocenters. The van der Waals surface area contributed by atoms with Crippen molar-refractivity contribution < 1.29 is 9.84 Å². The van der Waals surface area contributed by atoms with E-state index in [0.29, 0.717) is 30.9 Å². The molecule has 0 saturated carbocycles. The number of aliphatic hydroxyl groups is 1. The molecule has 0 aliphatic heterocycles. The summed E-state index contributed by atoms with van der Waals surface area (Å²) in [5, 5.41) is 19.3.